The first kappa shape index (κ1) is 18.8. The van der Waals surface area contributed by atoms with E-state index in [4.69, 9.17) is 18.8 Å². The van der Waals surface area contributed by atoms with E-state index in [-0.39, 0.29) is 18.2 Å². The van der Waals surface area contributed by atoms with Crippen molar-refractivity contribution < 1.29 is 23.6 Å². The molecule has 0 bridgehead atoms. The first-order valence-corrected chi connectivity index (χ1v) is 8.35. The van der Waals surface area contributed by atoms with Gasteiger partial charge in [0.25, 0.3) is 0 Å². The number of hydrogen-bond acceptors (Lipinski definition) is 5. The maximum Gasteiger partial charge on any atom is 0.466 e. The van der Waals surface area contributed by atoms with Crippen LogP contribution in [0.4, 0.5) is 0 Å². The average molecular weight is 334 g/mol. The number of rotatable bonds is 6. The van der Waals surface area contributed by atoms with Gasteiger partial charge in [0.15, 0.2) is 0 Å². The molecule has 1 atom stereocenters. The van der Waals surface area contributed by atoms with Crippen molar-refractivity contribution >= 4 is 13.1 Å². The molecule has 0 N–H and O–H groups in total. The van der Waals surface area contributed by atoms with Gasteiger partial charge >= 0.3 is 13.1 Å². The first-order valence-electron chi connectivity index (χ1n) is 8.35. The highest BCUT2D eigenvalue weighted by Crippen LogP contribution is 2.42. The van der Waals surface area contributed by atoms with Crippen LogP contribution in [0.2, 0.25) is 0 Å². The molecule has 2 rings (SSSR count). The van der Waals surface area contributed by atoms with E-state index < -0.39 is 18.3 Å². The Morgan fingerprint density at radius 2 is 1.67 bits per heavy atom. The van der Waals surface area contributed by atoms with E-state index >= 15 is 0 Å². The van der Waals surface area contributed by atoms with Crippen molar-refractivity contribution in [1.29, 1.82) is 0 Å². The fourth-order valence-corrected chi connectivity index (χ4v) is 2.66. The molecular formula is C18H27BO5. The molecule has 0 amide bonds. The zero-order chi connectivity index (χ0) is 18.0. The van der Waals surface area contributed by atoms with Crippen LogP contribution < -0.4 is 4.74 Å². The lowest BCUT2D eigenvalue weighted by Gasteiger charge is -2.32. The molecule has 1 unspecified atom stereocenters. The summed E-state index contributed by atoms with van der Waals surface area (Å²) in [6, 6.07) is 7.69. The summed E-state index contributed by atoms with van der Waals surface area (Å²) in [5.41, 5.74) is 0.0663. The Labute approximate surface area is 144 Å². The Morgan fingerprint density at radius 3 is 2.12 bits per heavy atom. The highest BCUT2D eigenvalue weighted by Gasteiger charge is 2.54. The molecule has 1 aliphatic rings. The van der Waals surface area contributed by atoms with Gasteiger partial charge in [-0.25, -0.2) is 0 Å². The van der Waals surface area contributed by atoms with Crippen molar-refractivity contribution in [3.05, 3.63) is 29.8 Å². The van der Waals surface area contributed by atoms with E-state index in [0.29, 0.717) is 6.61 Å². The maximum atomic E-state index is 11.9. The molecule has 0 aliphatic carbocycles. The van der Waals surface area contributed by atoms with Gasteiger partial charge in [-0.15, -0.1) is 0 Å². The van der Waals surface area contributed by atoms with Gasteiger partial charge in [-0.05, 0) is 52.3 Å². The highest BCUT2D eigenvalue weighted by atomic mass is 16.7. The highest BCUT2D eigenvalue weighted by molar-refractivity contribution is 6.48. The summed E-state index contributed by atoms with van der Waals surface area (Å²) in [5.74, 6) is 0.268. The second-order valence-electron chi connectivity index (χ2n) is 7.01. The van der Waals surface area contributed by atoms with Crippen LogP contribution in [0.1, 0.15) is 52.4 Å². The summed E-state index contributed by atoms with van der Waals surface area (Å²) in [5, 5.41) is 0. The van der Waals surface area contributed by atoms with E-state index in [0.717, 1.165) is 11.3 Å². The van der Waals surface area contributed by atoms with E-state index in [1.807, 2.05) is 58.9 Å². The molecule has 0 spiro atoms. The number of carbonyl (C=O) groups excluding carboxylic acids is 1. The standard InChI is InChI=1S/C18H27BO5/c1-7-22-14-10-8-13(9-11-14)15(12-16(20)21-6)19-23-17(2,3)18(4,5)24-19/h8-11,15H,7,12H2,1-6H3. The molecule has 132 valence electrons. The predicted molar refractivity (Wildman–Crippen MR) is 93.1 cm³/mol. The summed E-state index contributed by atoms with van der Waals surface area (Å²) in [6.45, 7) is 10.6. The van der Waals surface area contributed by atoms with E-state index in [9.17, 15) is 4.79 Å². The number of hydrogen-bond donors (Lipinski definition) is 0. The summed E-state index contributed by atoms with van der Waals surface area (Å²) in [7, 11) is 0.883. The predicted octanol–water partition coefficient (Wildman–Crippen LogP) is 3.36. The molecule has 0 radical (unpaired) electrons. The van der Waals surface area contributed by atoms with Crippen molar-refractivity contribution in [2.24, 2.45) is 0 Å². The number of carbonyl (C=O) groups is 1. The second-order valence-corrected chi connectivity index (χ2v) is 7.01. The Kier molecular flexibility index (Phi) is 5.61. The fraction of sp³-hybridized carbons (Fsp3) is 0.611. The average Bonchev–Trinajstić information content (AvgIpc) is 2.74. The third kappa shape index (κ3) is 3.93. The van der Waals surface area contributed by atoms with Crippen molar-refractivity contribution in [2.45, 2.75) is 58.1 Å². The van der Waals surface area contributed by atoms with Gasteiger partial charge in [-0.1, -0.05) is 12.1 Å². The minimum atomic E-state index is -0.507. The van der Waals surface area contributed by atoms with Gasteiger partial charge in [-0.2, -0.15) is 0 Å². The molecule has 1 heterocycles. The molecular weight excluding hydrogens is 307 g/mol. The van der Waals surface area contributed by atoms with E-state index in [1.54, 1.807) is 0 Å². The minimum Gasteiger partial charge on any atom is -0.494 e. The van der Waals surface area contributed by atoms with Crippen molar-refractivity contribution in [3.8, 4) is 5.75 Å². The van der Waals surface area contributed by atoms with Crippen LogP contribution in [-0.2, 0) is 18.8 Å². The van der Waals surface area contributed by atoms with Gasteiger partial charge in [0, 0.05) is 5.82 Å². The van der Waals surface area contributed by atoms with Crippen LogP contribution in [0.25, 0.3) is 0 Å². The smallest absolute Gasteiger partial charge is 0.466 e. The second kappa shape index (κ2) is 7.15. The quantitative estimate of drug-likeness (QED) is 0.590. The molecule has 1 aromatic rings. The topological polar surface area (TPSA) is 54.0 Å². The lowest BCUT2D eigenvalue weighted by Crippen LogP contribution is -2.41. The number of ether oxygens (including phenoxy) is 2. The van der Waals surface area contributed by atoms with Gasteiger partial charge in [0.1, 0.15) is 5.75 Å². The molecule has 6 heteroatoms. The Hall–Kier alpha value is -1.53. The minimum absolute atomic E-state index is 0.196. The molecule has 5 nitrogen and oxygen atoms in total. The SMILES string of the molecule is CCOc1ccc(C(CC(=O)OC)B2OC(C)(C)C(C)(C)O2)cc1. The molecule has 1 aromatic carbocycles. The Balaban J connectivity index is 2.27. The van der Waals surface area contributed by atoms with E-state index in [1.165, 1.54) is 7.11 Å². The lowest BCUT2D eigenvalue weighted by atomic mass is 9.66. The van der Waals surface area contributed by atoms with Crippen molar-refractivity contribution in [2.75, 3.05) is 13.7 Å². The summed E-state index contributed by atoms with van der Waals surface area (Å²) in [6.07, 6.45) is 0.196. The largest absolute Gasteiger partial charge is 0.494 e. The molecule has 1 saturated heterocycles. The van der Waals surface area contributed by atoms with Crippen molar-refractivity contribution in [3.63, 3.8) is 0 Å². The van der Waals surface area contributed by atoms with Crippen LogP contribution >= 0.6 is 0 Å². The molecule has 0 saturated carbocycles. The lowest BCUT2D eigenvalue weighted by molar-refractivity contribution is -0.140. The third-order valence-electron chi connectivity index (χ3n) is 4.83. The zero-order valence-corrected chi connectivity index (χ0v) is 15.4. The molecule has 1 aliphatic heterocycles. The van der Waals surface area contributed by atoms with Crippen LogP contribution in [0, 0.1) is 0 Å². The monoisotopic (exact) mass is 334 g/mol. The van der Waals surface area contributed by atoms with Gasteiger partial charge in [0.2, 0.25) is 0 Å². The fourth-order valence-electron chi connectivity index (χ4n) is 2.66. The summed E-state index contributed by atoms with van der Waals surface area (Å²) < 4.78 is 22.6. The molecule has 0 aromatic heterocycles. The maximum absolute atomic E-state index is 11.9. The van der Waals surface area contributed by atoms with Crippen LogP contribution in [0.15, 0.2) is 24.3 Å². The number of esters is 1. The molecule has 24 heavy (non-hydrogen) atoms. The van der Waals surface area contributed by atoms with Gasteiger partial charge in [0.05, 0.1) is 31.3 Å². The first-order chi connectivity index (χ1) is 11.2. The van der Waals surface area contributed by atoms with Gasteiger partial charge < -0.3 is 18.8 Å². The number of methoxy groups -OCH3 is 1. The normalized spacial score (nSPS) is 19.8. The zero-order valence-electron chi connectivity index (χ0n) is 15.4. The number of benzene rings is 1. The van der Waals surface area contributed by atoms with Crippen molar-refractivity contribution in [1.82, 2.24) is 0 Å². The third-order valence-corrected chi connectivity index (χ3v) is 4.83. The van der Waals surface area contributed by atoms with Gasteiger partial charge in [-0.3, -0.25) is 4.79 Å². The summed E-state index contributed by atoms with van der Waals surface area (Å²) in [4.78, 5) is 11.9. The Bertz CT molecular complexity index is 551. The van der Waals surface area contributed by atoms with Crippen LogP contribution in [0.3, 0.4) is 0 Å². The Morgan fingerprint density at radius 1 is 1.12 bits per heavy atom. The van der Waals surface area contributed by atoms with Crippen LogP contribution in [0.5, 0.6) is 5.75 Å². The summed E-state index contributed by atoms with van der Waals surface area (Å²) >= 11 is 0. The van der Waals surface area contributed by atoms with Crippen LogP contribution in [-0.4, -0.2) is 38.0 Å². The molecule has 1 fully saturated rings. The van der Waals surface area contributed by atoms with E-state index in [2.05, 4.69) is 0 Å².